The number of aliphatic hydroxyl groups is 1. The number of hydrogen-bond acceptors (Lipinski definition) is 4. The van der Waals surface area contributed by atoms with Crippen molar-refractivity contribution in [3.63, 3.8) is 0 Å². The molecule has 1 aromatic rings. The monoisotopic (exact) mass is 421 g/mol. The first-order chi connectivity index (χ1) is 14.5. The van der Waals surface area contributed by atoms with Gasteiger partial charge in [-0.3, -0.25) is 10.4 Å². The van der Waals surface area contributed by atoms with Crippen LogP contribution in [0.4, 0.5) is 11.4 Å². The van der Waals surface area contributed by atoms with E-state index in [1.54, 1.807) is 6.08 Å². The Morgan fingerprint density at radius 3 is 2.03 bits per heavy atom. The second-order valence-electron chi connectivity index (χ2n) is 8.25. The van der Waals surface area contributed by atoms with Crippen molar-refractivity contribution in [3.8, 4) is 0 Å². The van der Waals surface area contributed by atoms with Gasteiger partial charge in [0.1, 0.15) is 0 Å². The molecule has 4 heteroatoms. The lowest BCUT2D eigenvalue weighted by molar-refractivity contribution is 0.280. The lowest BCUT2D eigenvalue weighted by atomic mass is 9.82. The van der Waals surface area contributed by atoms with E-state index in [4.69, 9.17) is 5.73 Å². The van der Waals surface area contributed by atoms with Crippen molar-refractivity contribution in [2.24, 2.45) is 4.99 Å². The van der Waals surface area contributed by atoms with Crippen LogP contribution in [0.5, 0.6) is 0 Å². The van der Waals surface area contributed by atoms with Gasteiger partial charge in [-0.1, -0.05) is 36.8 Å². The van der Waals surface area contributed by atoms with Gasteiger partial charge >= 0.3 is 0 Å². The molecule has 0 aliphatic rings. The first kappa shape index (κ1) is 26.3. The number of aliphatic imine (C=N–C) groups is 1. The molecule has 168 valence electrons. The first-order valence-corrected chi connectivity index (χ1v) is 10.8. The van der Waals surface area contributed by atoms with Crippen molar-refractivity contribution >= 4 is 28.9 Å². The lowest BCUT2D eigenvalue weighted by Gasteiger charge is -2.24. The highest BCUT2D eigenvalue weighted by Crippen LogP contribution is 2.40. The zero-order valence-corrected chi connectivity index (χ0v) is 20.7. The van der Waals surface area contributed by atoms with Crippen LogP contribution in [0.1, 0.15) is 84.6 Å². The molecule has 0 fully saturated rings. The maximum absolute atomic E-state index is 10.3. The van der Waals surface area contributed by atoms with E-state index in [9.17, 15) is 10.5 Å². The van der Waals surface area contributed by atoms with Crippen LogP contribution in [0.3, 0.4) is 0 Å². The lowest BCUT2D eigenvalue weighted by Crippen LogP contribution is -2.16. The molecule has 1 aromatic carbocycles. The number of anilines is 1. The topological polar surface area (TPSA) is 82.5 Å². The molecule has 0 heterocycles. The maximum atomic E-state index is 10.3. The number of nitrogen functional groups attached to an aromatic ring is 1. The molecule has 0 aliphatic heterocycles. The van der Waals surface area contributed by atoms with Crippen LogP contribution in [0.15, 0.2) is 45.5 Å². The van der Waals surface area contributed by atoms with Crippen LogP contribution >= 0.6 is 0 Å². The van der Waals surface area contributed by atoms with Gasteiger partial charge in [-0.15, -0.1) is 0 Å². The minimum atomic E-state index is -0.163. The van der Waals surface area contributed by atoms with Crippen molar-refractivity contribution in [2.75, 3.05) is 5.73 Å². The summed E-state index contributed by atoms with van der Waals surface area (Å²) in [5, 5.41) is 19.6. The molecule has 1 rings (SSSR count). The summed E-state index contributed by atoms with van der Waals surface area (Å²) in [5.74, 6) is 0. The molecule has 0 atom stereocenters. The van der Waals surface area contributed by atoms with Gasteiger partial charge in [-0.05, 0) is 84.1 Å². The molecule has 0 spiro atoms. The Morgan fingerprint density at radius 2 is 1.65 bits per heavy atom. The van der Waals surface area contributed by atoms with E-state index >= 15 is 0 Å². The van der Waals surface area contributed by atoms with Gasteiger partial charge in [0.25, 0.3) is 0 Å². The summed E-state index contributed by atoms with van der Waals surface area (Å²) in [7, 11) is 0. The van der Waals surface area contributed by atoms with Crippen LogP contribution < -0.4 is 5.73 Å². The van der Waals surface area contributed by atoms with Crippen molar-refractivity contribution in [1.82, 2.24) is 0 Å². The van der Waals surface area contributed by atoms with E-state index in [1.165, 1.54) is 0 Å². The van der Waals surface area contributed by atoms with E-state index in [-0.39, 0.29) is 6.61 Å². The minimum absolute atomic E-state index is 0.163. The summed E-state index contributed by atoms with van der Waals surface area (Å²) in [6, 6.07) is 0. The highest BCUT2D eigenvalue weighted by Gasteiger charge is 2.25. The number of allylic oxidation sites excluding steroid dienone is 6. The van der Waals surface area contributed by atoms with Gasteiger partial charge in [0.15, 0.2) is 0 Å². The summed E-state index contributed by atoms with van der Waals surface area (Å²) in [6.07, 6.45) is 4.39. The summed E-state index contributed by atoms with van der Waals surface area (Å²) < 4.78 is 0. The second-order valence-corrected chi connectivity index (χ2v) is 8.25. The fourth-order valence-electron chi connectivity index (χ4n) is 3.75. The average molecular weight is 422 g/mol. The SMILES string of the molecule is C=Cc1c(CO)c(CC)c(C(=N)/C(C(C)=C(C)C)=C(C)\C(C)=C/C)c(N)c1N=C(C)C. The summed E-state index contributed by atoms with van der Waals surface area (Å²) in [6.45, 7) is 21.9. The van der Waals surface area contributed by atoms with E-state index in [0.29, 0.717) is 29.1 Å². The summed E-state index contributed by atoms with van der Waals surface area (Å²) in [5.41, 5.74) is 17.2. The third-order valence-electron chi connectivity index (χ3n) is 5.85. The fourth-order valence-corrected chi connectivity index (χ4v) is 3.75. The van der Waals surface area contributed by atoms with Gasteiger partial charge in [0.2, 0.25) is 0 Å². The van der Waals surface area contributed by atoms with E-state index in [0.717, 1.165) is 50.3 Å². The minimum Gasteiger partial charge on any atom is -0.396 e. The number of aliphatic hydroxyl groups excluding tert-OH is 1. The number of nitrogens with two attached hydrogens (primary N) is 1. The van der Waals surface area contributed by atoms with Crippen LogP contribution in [0, 0.1) is 5.41 Å². The second kappa shape index (κ2) is 11.1. The van der Waals surface area contributed by atoms with Gasteiger partial charge in [0, 0.05) is 22.4 Å². The Balaban J connectivity index is 4.25. The van der Waals surface area contributed by atoms with Crippen LogP contribution in [0.2, 0.25) is 0 Å². The van der Waals surface area contributed by atoms with E-state index in [1.807, 2.05) is 41.5 Å². The number of hydrogen-bond donors (Lipinski definition) is 3. The summed E-state index contributed by atoms with van der Waals surface area (Å²) >= 11 is 0. The molecule has 0 saturated carbocycles. The Morgan fingerprint density at radius 1 is 1.06 bits per heavy atom. The standard InChI is InChI=1S/C27H39N3O/c1-11-17(8)19(10)23(18(9)15(4)5)25(28)24-20(12-2)22(14-31)21(13-3)27(26(24)29)30-16(6)7/h11,13,28,31H,3,12,14,29H2,1-2,4-10H3/b17-11-,23-19-,28-25?. The quantitative estimate of drug-likeness (QED) is 0.238. The first-order valence-electron chi connectivity index (χ1n) is 10.8. The van der Waals surface area contributed by atoms with Crippen LogP contribution in [0.25, 0.3) is 6.08 Å². The fraction of sp³-hybridized carbons (Fsp3) is 0.407. The van der Waals surface area contributed by atoms with Crippen molar-refractivity contribution < 1.29 is 5.11 Å². The molecule has 4 N–H and O–H groups in total. The highest BCUT2D eigenvalue weighted by atomic mass is 16.3. The summed E-state index contributed by atoms with van der Waals surface area (Å²) in [4.78, 5) is 4.67. The Kier molecular flexibility index (Phi) is 9.39. The molecular weight excluding hydrogens is 382 g/mol. The number of rotatable bonds is 8. The van der Waals surface area contributed by atoms with Gasteiger partial charge in [-0.25, -0.2) is 0 Å². The third-order valence-corrected chi connectivity index (χ3v) is 5.85. The smallest absolute Gasteiger partial charge is 0.0940 e. The van der Waals surface area contributed by atoms with Crippen LogP contribution in [-0.4, -0.2) is 16.5 Å². The Labute approximate surface area is 188 Å². The predicted molar refractivity (Wildman–Crippen MR) is 138 cm³/mol. The molecule has 0 aliphatic carbocycles. The van der Waals surface area contributed by atoms with Crippen molar-refractivity contribution in [3.05, 3.63) is 62.8 Å². The van der Waals surface area contributed by atoms with Gasteiger partial charge < -0.3 is 10.8 Å². The molecule has 0 radical (unpaired) electrons. The van der Waals surface area contributed by atoms with Gasteiger partial charge in [0.05, 0.1) is 23.7 Å². The zero-order chi connectivity index (χ0) is 24.0. The normalized spacial score (nSPS) is 12.3. The van der Waals surface area contributed by atoms with Crippen LogP contribution in [-0.2, 0) is 13.0 Å². The molecule has 0 aromatic heterocycles. The van der Waals surface area contributed by atoms with E-state index in [2.05, 4.69) is 38.4 Å². The molecule has 0 bridgehead atoms. The zero-order valence-electron chi connectivity index (χ0n) is 20.7. The number of nitrogens with one attached hydrogen (secondary N) is 1. The molecule has 4 nitrogen and oxygen atoms in total. The predicted octanol–water partition coefficient (Wildman–Crippen LogP) is 7.09. The highest BCUT2D eigenvalue weighted by molar-refractivity contribution is 6.19. The average Bonchev–Trinajstić information content (AvgIpc) is 2.72. The van der Waals surface area contributed by atoms with E-state index < -0.39 is 0 Å². The number of benzene rings is 1. The largest absolute Gasteiger partial charge is 0.396 e. The molecule has 0 amide bonds. The van der Waals surface area contributed by atoms with Gasteiger partial charge in [-0.2, -0.15) is 0 Å². The molecule has 0 unspecified atom stereocenters. The Bertz CT molecular complexity index is 1010. The van der Waals surface area contributed by atoms with Crippen molar-refractivity contribution in [2.45, 2.75) is 75.3 Å². The molecule has 31 heavy (non-hydrogen) atoms. The number of nitrogens with zero attached hydrogens (tertiary/aromatic N) is 1. The Hall–Kier alpha value is -2.72. The molecular formula is C27H39N3O. The molecule has 0 saturated heterocycles. The van der Waals surface area contributed by atoms with Crippen molar-refractivity contribution in [1.29, 1.82) is 5.41 Å². The maximum Gasteiger partial charge on any atom is 0.0940 e. The third kappa shape index (κ3) is 5.31.